The molecule has 3 unspecified atom stereocenters. The number of halogens is 1. The fourth-order valence-corrected chi connectivity index (χ4v) is 3.97. The van der Waals surface area contributed by atoms with Gasteiger partial charge in [0.15, 0.2) is 5.96 Å². The van der Waals surface area contributed by atoms with E-state index in [2.05, 4.69) is 60.7 Å². The molecule has 0 aromatic heterocycles. The molecule has 5 heteroatoms. The number of rotatable bonds is 3. The van der Waals surface area contributed by atoms with Crippen LogP contribution >= 0.6 is 24.0 Å². The predicted octanol–water partition coefficient (Wildman–Crippen LogP) is 3.09. The Morgan fingerprint density at radius 1 is 1.39 bits per heavy atom. The van der Waals surface area contributed by atoms with Crippen LogP contribution in [-0.4, -0.2) is 31.8 Å². The van der Waals surface area contributed by atoms with Crippen molar-refractivity contribution in [1.82, 2.24) is 10.6 Å². The number of ether oxygens (including phenoxy) is 1. The topological polar surface area (TPSA) is 45.7 Å². The van der Waals surface area contributed by atoms with Gasteiger partial charge in [-0.2, -0.15) is 0 Å². The minimum absolute atomic E-state index is 0. The van der Waals surface area contributed by atoms with Crippen LogP contribution < -0.4 is 10.6 Å². The maximum Gasteiger partial charge on any atom is 0.191 e. The first-order valence-corrected chi connectivity index (χ1v) is 8.16. The quantitative estimate of drug-likeness (QED) is 0.441. The summed E-state index contributed by atoms with van der Waals surface area (Å²) >= 11 is 0. The van der Waals surface area contributed by atoms with Gasteiger partial charge >= 0.3 is 0 Å². The monoisotopic (exact) mass is 429 g/mol. The Morgan fingerprint density at radius 3 is 2.87 bits per heavy atom. The van der Waals surface area contributed by atoms with Crippen molar-refractivity contribution in [2.24, 2.45) is 16.3 Å². The highest BCUT2D eigenvalue weighted by atomic mass is 127. The summed E-state index contributed by atoms with van der Waals surface area (Å²) in [6, 6.07) is 8.99. The summed E-state index contributed by atoms with van der Waals surface area (Å²) < 4.78 is 5.85. The zero-order valence-corrected chi connectivity index (χ0v) is 16.8. The summed E-state index contributed by atoms with van der Waals surface area (Å²) in [6.45, 7) is 8.37. The lowest BCUT2D eigenvalue weighted by Gasteiger charge is -2.54. The Morgan fingerprint density at radius 2 is 2.17 bits per heavy atom. The molecule has 0 spiro atoms. The van der Waals surface area contributed by atoms with Crippen LogP contribution in [0, 0.1) is 18.3 Å². The summed E-state index contributed by atoms with van der Waals surface area (Å²) in [5.74, 6) is 1.50. The van der Waals surface area contributed by atoms with Gasteiger partial charge in [-0.1, -0.05) is 43.7 Å². The van der Waals surface area contributed by atoms with Crippen molar-refractivity contribution >= 4 is 29.9 Å². The molecule has 1 saturated carbocycles. The van der Waals surface area contributed by atoms with Gasteiger partial charge in [0.25, 0.3) is 0 Å². The van der Waals surface area contributed by atoms with Crippen LogP contribution in [0.2, 0.25) is 0 Å². The minimum Gasteiger partial charge on any atom is -0.377 e. The number of hydrogen-bond donors (Lipinski definition) is 2. The fourth-order valence-electron chi connectivity index (χ4n) is 3.97. The molecule has 3 rings (SSSR count). The van der Waals surface area contributed by atoms with E-state index >= 15 is 0 Å². The number of aryl methyl sites for hydroxylation is 1. The van der Waals surface area contributed by atoms with Crippen molar-refractivity contribution in [3.8, 4) is 0 Å². The molecule has 1 saturated heterocycles. The van der Waals surface area contributed by atoms with Crippen LogP contribution in [0.25, 0.3) is 0 Å². The van der Waals surface area contributed by atoms with E-state index in [9.17, 15) is 0 Å². The third-order valence-corrected chi connectivity index (χ3v) is 5.16. The van der Waals surface area contributed by atoms with Crippen molar-refractivity contribution in [3.05, 3.63) is 35.4 Å². The molecular formula is C18H28IN3O. The number of fused-ring (bicyclic) bond motifs is 1. The van der Waals surface area contributed by atoms with Crippen LogP contribution in [0.1, 0.15) is 31.4 Å². The molecule has 2 N–H and O–H groups in total. The number of nitrogens with one attached hydrogen (secondary N) is 2. The Balaban J connectivity index is 0.00000192. The summed E-state index contributed by atoms with van der Waals surface area (Å²) in [6.07, 6.45) is 1.56. The second-order valence-electron chi connectivity index (χ2n) is 7.10. The standard InChI is InChI=1S/C18H27N3O.HI/c1-12-6-5-7-13(10-12)11-20-17(19-4)21-15-14-8-9-22-16(14)18(15,2)3;/h5-7,10,14-16H,8-9,11H2,1-4H3,(H2,19,20,21);1H. The molecule has 1 aliphatic heterocycles. The van der Waals surface area contributed by atoms with E-state index in [1.165, 1.54) is 11.1 Å². The average molecular weight is 429 g/mol. The number of guanidine groups is 1. The Labute approximate surface area is 156 Å². The zero-order chi connectivity index (χ0) is 15.7. The highest BCUT2D eigenvalue weighted by molar-refractivity contribution is 14.0. The Kier molecular flexibility index (Phi) is 5.94. The third-order valence-electron chi connectivity index (χ3n) is 5.16. The first kappa shape index (κ1) is 18.5. The van der Waals surface area contributed by atoms with Gasteiger partial charge in [0.05, 0.1) is 6.10 Å². The van der Waals surface area contributed by atoms with Gasteiger partial charge in [-0.25, -0.2) is 0 Å². The van der Waals surface area contributed by atoms with E-state index in [1.807, 2.05) is 7.05 Å². The second kappa shape index (κ2) is 7.38. The van der Waals surface area contributed by atoms with Crippen molar-refractivity contribution in [3.63, 3.8) is 0 Å². The molecule has 1 aromatic carbocycles. The predicted molar refractivity (Wildman–Crippen MR) is 105 cm³/mol. The molecule has 1 heterocycles. The highest BCUT2D eigenvalue weighted by Crippen LogP contribution is 2.52. The molecule has 0 radical (unpaired) electrons. The molecule has 0 bridgehead atoms. The van der Waals surface area contributed by atoms with E-state index < -0.39 is 0 Å². The molecule has 1 aromatic rings. The van der Waals surface area contributed by atoms with E-state index in [-0.39, 0.29) is 29.4 Å². The molecule has 4 nitrogen and oxygen atoms in total. The summed E-state index contributed by atoms with van der Waals surface area (Å²) in [5.41, 5.74) is 2.73. The largest absolute Gasteiger partial charge is 0.377 e. The molecule has 1 aliphatic carbocycles. The normalized spacial score (nSPS) is 28.3. The Hall–Kier alpha value is -0.820. The zero-order valence-electron chi connectivity index (χ0n) is 14.4. The Bertz CT molecular complexity index is 573. The van der Waals surface area contributed by atoms with E-state index in [4.69, 9.17) is 4.74 Å². The summed E-state index contributed by atoms with van der Waals surface area (Å²) in [4.78, 5) is 4.38. The van der Waals surface area contributed by atoms with Gasteiger partial charge in [0, 0.05) is 37.6 Å². The van der Waals surface area contributed by atoms with E-state index in [1.54, 1.807) is 0 Å². The van der Waals surface area contributed by atoms with Crippen molar-refractivity contribution in [2.45, 2.75) is 45.9 Å². The lowest BCUT2D eigenvalue weighted by molar-refractivity contribution is -0.106. The lowest BCUT2D eigenvalue weighted by Crippen LogP contribution is -2.67. The molecule has 3 atom stereocenters. The van der Waals surface area contributed by atoms with Crippen LogP contribution in [0.4, 0.5) is 0 Å². The third kappa shape index (κ3) is 3.65. The van der Waals surface area contributed by atoms with Crippen LogP contribution in [0.5, 0.6) is 0 Å². The number of aliphatic imine (C=N–C) groups is 1. The van der Waals surface area contributed by atoms with Gasteiger partial charge in [-0.05, 0) is 18.9 Å². The summed E-state index contributed by atoms with van der Waals surface area (Å²) in [7, 11) is 1.83. The van der Waals surface area contributed by atoms with Crippen molar-refractivity contribution in [1.29, 1.82) is 0 Å². The molecule has 23 heavy (non-hydrogen) atoms. The van der Waals surface area contributed by atoms with Crippen LogP contribution in [0.15, 0.2) is 29.3 Å². The fraction of sp³-hybridized carbons (Fsp3) is 0.611. The van der Waals surface area contributed by atoms with Gasteiger partial charge in [-0.3, -0.25) is 4.99 Å². The van der Waals surface area contributed by atoms with Crippen LogP contribution in [-0.2, 0) is 11.3 Å². The maximum atomic E-state index is 5.85. The molecule has 2 fully saturated rings. The highest BCUT2D eigenvalue weighted by Gasteiger charge is 2.59. The maximum absolute atomic E-state index is 5.85. The molecule has 0 amide bonds. The molecule has 2 aliphatic rings. The lowest BCUT2D eigenvalue weighted by atomic mass is 9.57. The van der Waals surface area contributed by atoms with Gasteiger partial charge in [0.2, 0.25) is 0 Å². The first-order valence-electron chi connectivity index (χ1n) is 8.16. The van der Waals surface area contributed by atoms with Crippen molar-refractivity contribution < 1.29 is 4.74 Å². The minimum atomic E-state index is 0. The molecular weight excluding hydrogens is 401 g/mol. The average Bonchev–Trinajstić information content (AvgIpc) is 2.94. The van der Waals surface area contributed by atoms with E-state index in [0.717, 1.165) is 25.5 Å². The van der Waals surface area contributed by atoms with Crippen molar-refractivity contribution in [2.75, 3.05) is 13.7 Å². The van der Waals surface area contributed by atoms with Gasteiger partial charge < -0.3 is 15.4 Å². The van der Waals surface area contributed by atoms with Gasteiger partial charge in [-0.15, -0.1) is 24.0 Å². The first-order chi connectivity index (χ1) is 10.5. The number of benzene rings is 1. The van der Waals surface area contributed by atoms with Crippen LogP contribution in [0.3, 0.4) is 0 Å². The number of nitrogens with zero attached hydrogens (tertiary/aromatic N) is 1. The SMILES string of the molecule is CN=C(NCc1cccc(C)c1)NC1C2CCOC2C1(C)C.I. The smallest absolute Gasteiger partial charge is 0.191 e. The summed E-state index contributed by atoms with van der Waals surface area (Å²) in [5, 5.41) is 7.04. The number of hydrogen-bond acceptors (Lipinski definition) is 2. The van der Waals surface area contributed by atoms with E-state index in [0.29, 0.717) is 18.1 Å². The second-order valence-corrected chi connectivity index (χ2v) is 7.10. The molecule has 128 valence electrons. The van der Waals surface area contributed by atoms with Gasteiger partial charge in [0.1, 0.15) is 0 Å².